The molecule has 0 spiro atoms. The molecule has 1 aromatic carbocycles. The summed E-state index contributed by atoms with van der Waals surface area (Å²) in [5.74, 6) is 0.912. The number of fused-ring (bicyclic) bond motifs is 1. The molecule has 2 atom stereocenters. The predicted molar refractivity (Wildman–Crippen MR) is 85.7 cm³/mol. The largest absolute Gasteiger partial charge is 0.497 e. The molecule has 116 valence electrons. The molecular formula is C17H27N3O. The van der Waals surface area contributed by atoms with E-state index < -0.39 is 0 Å². The van der Waals surface area contributed by atoms with Gasteiger partial charge in [-0.2, -0.15) is 0 Å². The van der Waals surface area contributed by atoms with Crippen molar-refractivity contribution in [3.05, 3.63) is 29.3 Å². The van der Waals surface area contributed by atoms with E-state index in [1.54, 1.807) is 7.11 Å². The second-order valence-corrected chi connectivity index (χ2v) is 6.53. The number of methoxy groups -OCH3 is 1. The highest BCUT2D eigenvalue weighted by Gasteiger charge is 2.35. The summed E-state index contributed by atoms with van der Waals surface area (Å²) in [6, 6.07) is 7.54. The first-order valence-electron chi connectivity index (χ1n) is 8.00. The molecule has 21 heavy (non-hydrogen) atoms. The third-order valence-corrected chi connectivity index (χ3v) is 5.10. The van der Waals surface area contributed by atoms with Gasteiger partial charge in [0.1, 0.15) is 5.75 Å². The van der Waals surface area contributed by atoms with Crippen molar-refractivity contribution in [2.24, 2.45) is 5.73 Å². The number of hydrogen-bond acceptors (Lipinski definition) is 4. The maximum atomic E-state index is 6.53. The van der Waals surface area contributed by atoms with E-state index in [9.17, 15) is 0 Å². The number of benzene rings is 1. The van der Waals surface area contributed by atoms with Crippen LogP contribution in [0.5, 0.6) is 5.75 Å². The normalized spacial score (nSPS) is 27.1. The lowest BCUT2D eigenvalue weighted by atomic mass is 10.1. The van der Waals surface area contributed by atoms with E-state index in [1.807, 2.05) is 6.07 Å². The van der Waals surface area contributed by atoms with Gasteiger partial charge in [-0.1, -0.05) is 6.07 Å². The van der Waals surface area contributed by atoms with Crippen LogP contribution in [0.4, 0.5) is 0 Å². The van der Waals surface area contributed by atoms with Crippen LogP contribution in [0.2, 0.25) is 0 Å². The molecule has 2 unspecified atom stereocenters. The third kappa shape index (κ3) is 2.80. The van der Waals surface area contributed by atoms with Crippen molar-refractivity contribution in [2.75, 3.05) is 33.3 Å². The van der Waals surface area contributed by atoms with Crippen molar-refractivity contribution < 1.29 is 4.74 Å². The van der Waals surface area contributed by atoms with Crippen LogP contribution in [0, 0.1) is 0 Å². The van der Waals surface area contributed by atoms with Crippen LogP contribution < -0.4 is 10.5 Å². The Balaban J connectivity index is 1.69. The minimum Gasteiger partial charge on any atom is -0.497 e. The van der Waals surface area contributed by atoms with Gasteiger partial charge in [-0.25, -0.2) is 0 Å². The molecule has 1 heterocycles. The Kier molecular flexibility index (Phi) is 4.20. The Morgan fingerprint density at radius 2 is 1.90 bits per heavy atom. The summed E-state index contributed by atoms with van der Waals surface area (Å²) in [6.45, 7) is 9.11. The van der Waals surface area contributed by atoms with Crippen molar-refractivity contribution in [1.82, 2.24) is 9.80 Å². The first-order chi connectivity index (χ1) is 10.1. The van der Waals surface area contributed by atoms with Crippen LogP contribution in [-0.4, -0.2) is 55.2 Å². The van der Waals surface area contributed by atoms with Gasteiger partial charge in [0.15, 0.2) is 0 Å². The zero-order valence-corrected chi connectivity index (χ0v) is 13.4. The van der Waals surface area contributed by atoms with Gasteiger partial charge < -0.3 is 10.5 Å². The first kappa shape index (κ1) is 14.8. The lowest BCUT2D eigenvalue weighted by Gasteiger charge is -2.41. The van der Waals surface area contributed by atoms with Crippen molar-refractivity contribution in [1.29, 1.82) is 0 Å². The molecule has 4 nitrogen and oxygen atoms in total. The monoisotopic (exact) mass is 289 g/mol. The van der Waals surface area contributed by atoms with Crippen LogP contribution in [0.1, 0.15) is 31.0 Å². The van der Waals surface area contributed by atoms with Crippen molar-refractivity contribution in [2.45, 2.75) is 38.4 Å². The third-order valence-electron chi connectivity index (χ3n) is 5.10. The Morgan fingerprint density at radius 1 is 1.19 bits per heavy atom. The summed E-state index contributed by atoms with van der Waals surface area (Å²) < 4.78 is 5.33. The SMILES string of the molecule is COc1ccc2c(c1)C(N)C(N1CCN(C(C)C)CC1)C2. The van der Waals surface area contributed by atoms with Crippen LogP contribution >= 0.6 is 0 Å². The lowest BCUT2D eigenvalue weighted by Crippen LogP contribution is -2.53. The molecule has 0 saturated carbocycles. The van der Waals surface area contributed by atoms with Crippen LogP contribution in [-0.2, 0) is 6.42 Å². The van der Waals surface area contributed by atoms with E-state index in [0.29, 0.717) is 12.1 Å². The second kappa shape index (κ2) is 5.95. The summed E-state index contributed by atoms with van der Waals surface area (Å²) in [5.41, 5.74) is 9.19. The van der Waals surface area contributed by atoms with E-state index in [1.165, 1.54) is 11.1 Å². The van der Waals surface area contributed by atoms with E-state index in [4.69, 9.17) is 10.5 Å². The number of ether oxygens (including phenoxy) is 1. The topological polar surface area (TPSA) is 41.7 Å². The fourth-order valence-electron chi connectivity index (χ4n) is 3.70. The molecule has 1 aliphatic heterocycles. The molecule has 4 heteroatoms. The quantitative estimate of drug-likeness (QED) is 0.918. The van der Waals surface area contributed by atoms with Crippen molar-refractivity contribution in [3.63, 3.8) is 0 Å². The van der Waals surface area contributed by atoms with Gasteiger partial charge in [-0.3, -0.25) is 9.80 Å². The Morgan fingerprint density at radius 3 is 2.52 bits per heavy atom. The molecule has 2 aliphatic rings. The highest BCUT2D eigenvalue weighted by Crippen LogP contribution is 2.35. The zero-order valence-electron chi connectivity index (χ0n) is 13.4. The number of hydrogen-bond donors (Lipinski definition) is 1. The van der Waals surface area contributed by atoms with Crippen molar-refractivity contribution >= 4 is 0 Å². The van der Waals surface area contributed by atoms with Gasteiger partial charge in [0.05, 0.1) is 7.11 Å². The summed E-state index contributed by atoms with van der Waals surface area (Å²) >= 11 is 0. The molecule has 1 saturated heterocycles. The highest BCUT2D eigenvalue weighted by molar-refractivity contribution is 5.42. The Labute approximate surface area is 127 Å². The fraction of sp³-hybridized carbons (Fsp3) is 0.647. The Hall–Kier alpha value is -1.10. The predicted octanol–water partition coefficient (Wildman–Crippen LogP) is 1.65. The molecule has 3 rings (SSSR count). The average Bonchev–Trinajstić information content (AvgIpc) is 2.84. The van der Waals surface area contributed by atoms with Gasteiger partial charge in [0.2, 0.25) is 0 Å². The van der Waals surface area contributed by atoms with E-state index in [2.05, 4.69) is 35.8 Å². The minimum absolute atomic E-state index is 0.112. The van der Waals surface area contributed by atoms with Crippen LogP contribution in [0.25, 0.3) is 0 Å². The zero-order chi connectivity index (χ0) is 15.0. The van der Waals surface area contributed by atoms with Gasteiger partial charge in [-0.05, 0) is 43.5 Å². The molecule has 0 bridgehead atoms. The molecule has 0 aromatic heterocycles. The van der Waals surface area contributed by atoms with Gasteiger partial charge in [0.25, 0.3) is 0 Å². The molecule has 0 radical (unpaired) electrons. The number of rotatable bonds is 3. The van der Waals surface area contributed by atoms with Gasteiger partial charge in [0, 0.05) is 44.3 Å². The van der Waals surface area contributed by atoms with E-state index >= 15 is 0 Å². The lowest BCUT2D eigenvalue weighted by molar-refractivity contribution is 0.0728. The number of piperazine rings is 1. The maximum Gasteiger partial charge on any atom is 0.119 e. The highest BCUT2D eigenvalue weighted by atomic mass is 16.5. The van der Waals surface area contributed by atoms with Gasteiger partial charge in [-0.15, -0.1) is 0 Å². The fourth-order valence-corrected chi connectivity index (χ4v) is 3.70. The molecule has 2 N–H and O–H groups in total. The molecule has 1 aliphatic carbocycles. The van der Waals surface area contributed by atoms with Crippen LogP contribution in [0.3, 0.4) is 0 Å². The number of nitrogens with zero attached hydrogens (tertiary/aromatic N) is 2. The summed E-state index contributed by atoms with van der Waals surface area (Å²) in [6.07, 6.45) is 1.07. The molecule has 1 aromatic rings. The second-order valence-electron chi connectivity index (χ2n) is 6.53. The number of nitrogens with two attached hydrogens (primary N) is 1. The summed E-state index contributed by atoms with van der Waals surface area (Å²) in [4.78, 5) is 5.13. The van der Waals surface area contributed by atoms with Crippen molar-refractivity contribution in [3.8, 4) is 5.75 Å². The minimum atomic E-state index is 0.112. The maximum absolute atomic E-state index is 6.53. The van der Waals surface area contributed by atoms with E-state index in [0.717, 1.165) is 38.3 Å². The first-order valence-corrected chi connectivity index (χ1v) is 8.00. The molecule has 1 fully saturated rings. The van der Waals surface area contributed by atoms with Gasteiger partial charge >= 0.3 is 0 Å². The summed E-state index contributed by atoms with van der Waals surface area (Å²) in [5, 5.41) is 0. The Bertz CT molecular complexity index is 495. The van der Waals surface area contributed by atoms with Crippen LogP contribution in [0.15, 0.2) is 18.2 Å². The summed E-state index contributed by atoms with van der Waals surface area (Å²) in [7, 11) is 1.71. The smallest absolute Gasteiger partial charge is 0.119 e. The van der Waals surface area contributed by atoms with E-state index in [-0.39, 0.29) is 6.04 Å². The standard InChI is InChI=1S/C17H27N3O/c1-12(2)19-6-8-20(9-7-19)16-10-13-4-5-14(21-3)11-15(13)17(16)18/h4-5,11-12,16-17H,6-10,18H2,1-3H3. The average molecular weight is 289 g/mol. The molecular weight excluding hydrogens is 262 g/mol. The molecule has 0 amide bonds.